The Labute approximate surface area is 96.3 Å². The van der Waals surface area contributed by atoms with Crippen LogP contribution in [0.5, 0.6) is 0 Å². The van der Waals surface area contributed by atoms with Crippen molar-refractivity contribution >= 4 is 0 Å². The fraction of sp³-hybridized carbons (Fsp3) is 0.846. The Morgan fingerprint density at radius 1 is 1.25 bits per heavy atom. The monoisotopic (exact) mass is 217 g/mol. The Bertz CT molecular complexity index is 407. The van der Waals surface area contributed by atoms with Gasteiger partial charge in [0.2, 0.25) is 0 Å². The van der Waals surface area contributed by atoms with E-state index in [1.807, 2.05) is 6.33 Å². The Hall–Kier alpha value is -0.860. The first-order valence-corrected chi connectivity index (χ1v) is 6.66. The van der Waals surface area contributed by atoms with Gasteiger partial charge in [0.05, 0.1) is 0 Å². The zero-order valence-electron chi connectivity index (χ0n) is 10.0. The lowest BCUT2D eigenvalue weighted by Gasteiger charge is -2.12. The fourth-order valence-electron chi connectivity index (χ4n) is 4.56. The van der Waals surface area contributed by atoms with Gasteiger partial charge in [0, 0.05) is 12.0 Å². The molecule has 1 heterocycles. The average Bonchev–Trinajstić information content (AvgIpc) is 2.74. The van der Waals surface area contributed by atoms with Gasteiger partial charge in [0.25, 0.3) is 0 Å². The summed E-state index contributed by atoms with van der Waals surface area (Å²) < 4.78 is 2.28. The van der Waals surface area contributed by atoms with Gasteiger partial charge in [-0.1, -0.05) is 0 Å². The van der Waals surface area contributed by atoms with Crippen molar-refractivity contribution in [2.45, 2.75) is 45.1 Å². The molecule has 0 spiro atoms. The molecule has 3 heteroatoms. The van der Waals surface area contributed by atoms with E-state index in [4.69, 9.17) is 0 Å². The second-order valence-electron chi connectivity index (χ2n) is 6.20. The molecule has 4 atom stereocenters. The molecule has 3 aliphatic carbocycles. The van der Waals surface area contributed by atoms with Gasteiger partial charge in [-0.3, -0.25) is 0 Å². The van der Waals surface area contributed by atoms with Gasteiger partial charge < -0.3 is 4.57 Å². The first-order valence-electron chi connectivity index (χ1n) is 6.66. The number of aromatic nitrogens is 3. The first-order chi connectivity index (χ1) is 7.77. The topological polar surface area (TPSA) is 30.7 Å². The molecular weight excluding hydrogens is 198 g/mol. The van der Waals surface area contributed by atoms with Crippen molar-refractivity contribution in [2.24, 2.45) is 23.7 Å². The molecule has 3 saturated carbocycles. The van der Waals surface area contributed by atoms with E-state index in [0.29, 0.717) is 6.04 Å². The Kier molecular flexibility index (Phi) is 1.65. The maximum atomic E-state index is 4.39. The third-order valence-corrected chi connectivity index (χ3v) is 5.19. The van der Waals surface area contributed by atoms with Crippen LogP contribution in [0.3, 0.4) is 0 Å². The maximum Gasteiger partial charge on any atom is 0.136 e. The molecule has 1 aromatic heterocycles. The van der Waals surface area contributed by atoms with Crippen LogP contribution in [-0.2, 0) is 0 Å². The molecule has 0 aliphatic heterocycles. The lowest BCUT2D eigenvalue weighted by Crippen LogP contribution is -2.08. The van der Waals surface area contributed by atoms with E-state index in [9.17, 15) is 0 Å². The predicted octanol–water partition coefficient (Wildman–Crippen LogP) is 2.62. The molecule has 16 heavy (non-hydrogen) atoms. The number of hydrogen-bond acceptors (Lipinski definition) is 2. The van der Waals surface area contributed by atoms with Gasteiger partial charge in [0.15, 0.2) is 0 Å². The normalized spacial score (nSPS) is 44.1. The summed E-state index contributed by atoms with van der Waals surface area (Å²) in [4.78, 5) is 0. The van der Waals surface area contributed by atoms with E-state index in [1.54, 1.807) is 0 Å². The van der Waals surface area contributed by atoms with E-state index in [2.05, 4.69) is 28.6 Å². The van der Waals surface area contributed by atoms with Crippen molar-refractivity contribution in [3.8, 4) is 0 Å². The van der Waals surface area contributed by atoms with Crippen molar-refractivity contribution in [1.82, 2.24) is 14.8 Å². The van der Waals surface area contributed by atoms with Crippen molar-refractivity contribution in [1.29, 1.82) is 0 Å². The Morgan fingerprint density at radius 2 is 1.94 bits per heavy atom. The smallest absolute Gasteiger partial charge is 0.136 e. The maximum absolute atomic E-state index is 4.39. The summed E-state index contributed by atoms with van der Waals surface area (Å²) in [6.07, 6.45) is 6.40. The molecule has 4 rings (SSSR count). The standard InChI is InChI=1S/C13H19N3/c1-7(2)16-6-14-15-13(16)12-10-8-3-4-9(5-8)11(10)12/h6-12H,3-5H2,1-2H3. The van der Waals surface area contributed by atoms with E-state index >= 15 is 0 Å². The van der Waals surface area contributed by atoms with Crippen LogP contribution in [0.1, 0.15) is 50.9 Å². The van der Waals surface area contributed by atoms with E-state index in [0.717, 1.165) is 29.6 Å². The highest BCUT2D eigenvalue weighted by Gasteiger charge is 2.66. The zero-order valence-corrected chi connectivity index (χ0v) is 10.0. The quantitative estimate of drug-likeness (QED) is 0.762. The third-order valence-electron chi connectivity index (χ3n) is 5.19. The summed E-state index contributed by atoms with van der Waals surface area (Å²) in [5.41, 5.74) is 0. The van der Waals surface area contributed by atoms with Crippen molar-refractivity contribution in [3.63, 3.8) is 0 Å². The van der Waals surface area contributed by atoms with Crippen LogP contribution < -0.4 is 0 Å². The Balaban J connectivity index is 1.66. The lowest BCUT2D eigenvalue weighted by atomic mass is 10.0. The molecule has 86 valence electrons. The van der Waals surface area contributed by atoms with Crippen LogP contribution in [0.2, 0.25) is 0 Å². The molecule has 3 fully saturated rings. The minimum Gasteiger partial charge on any atom is -0.315 e. The fourth-order valence-corrected chi connectivity index (χ4v) is 4.56. The van der Waals surface area contributed by atoms with E-state index < -0.39 is 0 Å². The highest BCUT2D eigenvalue weighted by molar-refractivity contribution is 5.24. The van der Waals surface area contributed by atoms with E-state index in [1.165, 1.54) is 25.1 Å². The summed E-state index contributed by atoms with van der Waals surface area (Å²) >= 11 is 0. The third kappa shape index (κ3) is 0.994. The predicted molar refractivity (Wildman–Crippen MR) is 61.0 cm³/mol. The van der Waals surface area contributed by atoms with Gasteiger partial charge in [-0.15, -0.1) is 10.2 Å². The van der Waals surface area contributed by atoms with Crippen LogP contribution in [0.4, 0.5) is 0 Å². The Morgan fingerprint density at radius 3 is 2.56 bits per heavy atom. The van der Waals surface area contributed by atoms with Gasteiger partial charge >= 0.3 is 0 Å². The molecule has 2 bridgehead atoms. The average molecular weight is 217 g/mol. The summed E-state index contributed by atoms with van der Waals surface area (Å²) in [5, 5.41) is 8.51. The van der Waals surface area contributed by atoms with E-state index in [-0.39, 0.29) is 0 Å². The minimum absolute atomic E-state index is 0.504. The largest absolute Gasteiger partial charge is 0.315 e. The summed E-state index contributed by atoms with van der Waals surface area (Å²) in [5.74, 6) is 6.04. The number of rotatable bonds is 2. The molecule has 0 aromatic carbocycles. The van der Waals surface area contributed by atoms with Gasteiger partial charge in [-0.2, -0.15) is 0 Å². The van der Waals surface area contributed by atoms with Crippen LogP contribution in [-0.4, -0.2) is 14.8 Å². The number of nitrogens with zero attached hydrogens (tertiary/aromatic N) is 3. The zero-order chi connectivity index (χ0) is 10.9. The lowest BCUT2D eigenvalue weighted by molar-refractivity contribution is 0.456. The molecule has 3 nitrogen and oxygen atoms in total. The van der Waals surface area contributed by atoms with Crippen molar-refractivity contribution in [3.05, 3.63) is 12.2 Å². The van der Waals surface area contributed by atoms with Crippen LogP contribution in [0.15, 0.2) is 6.33 Å². The van der Waals surface area contributed by atoms with Gasteiger partial charge in [-0.05, 0) is 56.8 Å². The highest BCUT2D eigenvalue weighted by atomic mass is 15.3. The molecule has 0 saturated heterocycles. The van der Waals surface area contributed by atoms with Crippen LogP contribution in [0.25, 0.3) is 0 Å². The second kappa shape index (κ2) is 2.88. The van der Waals surface area contributed by atoms with Crippen molar-refractivity contribution < 1.29 is 0 Å². The molecule has 3 aliphatic rings. The highest BCUT2D eigenvalue weighted by Crippen LogP contribution is 2.72. The molecule has 0 N–H and O–H groups in total. The molecule has 0 radical (unpaired) electrons. The molecule has 4 unspecified atom stereocenters. The summed E-state index contributed by atoms with van der Waals surface area (Å²) in [6, 6.07) is 0.504. The van der Waals surface area contributed by atoms with Gasteiger partial charge in [-0.25, -0.2) is 0 Å². The number of hydrogen-bond donors (Lipinski definition) is 0. The van der Waals surface area contributed by atoms with Crippen LogP contribution in [0, 0.1) is 23.7 Å². The van der Waals surface area contributed by atoms with Crippen LogP contribution >= 0.6 is 0 Å². The molecular formula is C13H19N3. The SMILES string of the molecule is CC(C)n1cnnc1C1C2C3CCC(C3)C12. The molecule has 1 aromatic rings. The summed E-state index contributed by atoms with van der Waals surface area (Å²) in [7, 11) is 0. The second-order valence-corrected chi connectivity index (χ2v) is 6.20. The molecule has 0 amide bonds. The number of fused-ring (bicyclic) bond motifs is 5. The summed E-state index contributed by atoms with van der Waals surface area (Å²) in [6.45, 7) is 4.44. The first kappa shape index (κ1) is 9.20. The van der Waals surface area contributed by atoms with Crippen molar-refractivity contribution in [2.75, 3.05) is 0 Å². The van der Waals surface area contributed by atoms with Gasteiger partial charge in [0.1, 0.15) is 12.2 Å². The minimum atomic E-state index is 0.504.